The Bertz CT molecular complexity index is 1510. The van der Waals surface area contributed by atoms with Gasteiger partial charge in [0.2, 0.25) is 11.8 Å². The molecule has 15 nitrogen and oxygen atoms in total. The van der Waals surface area contributed by atoms with Gasteiger partial charge in [0.05, 0.1) is 6.61 Å². The summed E-state index contributed by atoms with van der Waals surface area (Å²) < 4.78 is 6.70. The fraction of sp³-hybridized carbons (Fsp3) is 0.529. The van der Waals surface area contributed by atoms with Crippen LogP contribution in [-0.2, 0) is 32.4 Å². The van der Waals surface area contributed by atoms with Crippen molar-refractivity contribution in [3.8, 4) is 22.5 Å². The first-order valence-corrected chi connectivity index (χ1v) is 16.7. The lowest BCUT2D eigenvalue weighted by Crippen LogP contribution is -2.52. The summed E-state index contributed by atoms with van der Waals surface area (Å²) in [7, 11) is 1.69. The molecule has 266 valence electrons. The molecule has 3 amide bonds. The first-order chi connectivity index (χ1) is 23.6. The molecule has 49 heavy (non-hydrogen) atoms. The van der Waals surface area contributed by atoms with Crippen LogP contribution in [-0.4, -0.2) is 85.8 Å². The zero-order valence-electron chi connectivity index (χ0n) is 29.0. The summed E-state index contributed by atoms with van der Waals surface area (Å²) in [6.45, 7) is 8.77. The van der Waals surface area contributed by atoms with Gasteiger partial charge in [-0.2, -0.15) is 4.68 Å². The molecule has 3 aromatic rings. The van der Waals surface area contributed by atoms with Crippen molar-refractivity contribution in [3.63, 3.8) is 0 Å². The number of alkyl carbamates (subject to hydrolysis) is 1. The van der Waals surface area contributed by atoms with Crippen LogP contribution in [0.25, 0.3) is 22.5 Å². The summed E-state index contributed by atoms with van der Waals surface area (Å²) in [4.78, 5) is 57.4. The second kappa shape index (κ2) is 19.7. The van der Waals surface area contributed by atoms with Crippen molar-refractivity contribution < 1.29 is 29.0 Å². The van der Waals surface area contributed by atoms with Crippen LogP contribution in [0.5, 0.6) is 0 Å². The van der Waals surface area contributed by atoms with E-state index in [1.54, 1.807) is 16.8 Å². The van der Waals surface area contributed by atoms with E-state index >= 15 is 0 Å². The molecule has 0 aliphatic rings. The summed E-state index contributed by atoms with van der Waals surface area (Å²) in [5, 5.41) is 24.2. The highest BCUT2D eigenvalue weighted by Gasteiger charge is 2.34. The van der Waals surface area contributed by atoms with E-state index in [1.807, 2.05) is 76.2 Å². The van der Waals surface area contributed by atoms with E-state index in [1.165, 1.54) is 4.68 Å². The molecule has 1 N–H and O–H groups in total. The largest absolute Gasteiger partial charge is 0.426 e. The van der Waals surface area contributed by atoms with Crippen LogP contribution in [0.15, 0.2) is 48.5 Å². The Labute approximate surface area is 287 Å². The maximum absolute atomic E-state index is 13.8. The Balaban J connectivity index is 1.82. The summed E-state index contributed by atoms with van der Waals surface area (Å²) in [6, 6.07) is 14.7. The van der Waals surface area contributed by atoms with Crippen LogP contribution in [0.4, 0.5) is 4.79 Å². The molecule has 0 bridgehead atoms. The molecule has 0 aliphatic carbocycles. The van der Waals surface area contributed by atoms with Gasteiger partial charge in [0.1, 0.15) is 6.04 Å². The second-order valence-corrected chi connectivity index (χ2v) is 12.1. The Morgan fingerprint density at radius 1 is 1.00 bits per heavy atom. The Kier molecular flexibility index (Phi) is 15.4. The van der Waals surface area contributed by atoms with Gasteiger partial charge in [-0.3, -0.25) is 9.59 Å². The van der Waals surface area contributed by atoms with Gasteiger partial charge in [-0.1, -0.05) is 82.6 Å². The normalized spacial score (nSPS) is 11.6. The number of benzene rings is 2. The Morgan fingerprint density at radius 3 is 2.37 bits per heavy atom. The van der Waals surface area contributed by atoms with E-state index in [0.717, 1.165) is 35.1 Å². The quantitative estimate of drug-likeness (QED) is 0.0961. The monoisotopic (exact) mass is 680 g/mol. The average molecular weight is 681 g/mol. The predicted octanol–water partition coefficient (Wildman–Crippen LogP) is 5.09. The first-order valence-electron chi connectivity index (χ1n) is 16.7. The minimum atomic E-state index is -0.825. The van der Waals surface area contributed by atoms with Crippen molar-refractivity contribution in [2.24, 2.45) is 5.92 Å². The van der Waals surface area contributed by atoms with E-state index in [4.69, 9.17) is 4.74 Å². The fourth-order valence-electron chi connectivity index (χ4n) is 5.32. The minimum absolute atomic E-state index is 0.0337. The highest BCUT2D eigenvalue weighted by molar-refractivity contribution is 5.88. The molecule has 3 rings (SSSR count). The number of unbranched alkanes of at least 4 members (excludes halogenated alkanes) is 2. The van der Waals surface area contributed by atoms with E-state index in [-0.39, 0.29) is 37.6 Å². The molecule has 1 unspecified atom stereocenters. The first kappa shape index (κ1) is 38.4. The Hall–Kier alpha value is -5.08. The summed E-state index contributed by atoms with van der Waals surface area (Å²) in [5.74, 6) is 0.0132. The third kappa shape index (κ3) is 11.5. The minimum Gasteiger partial charge on any atom is -0.426 e. The number of rotatable bonds is 20. The SMILES string of the molecule is CCCCC(=O)N(Cc1ccc(-c2ccccc2-c2nnnn2COC(=O)NCCC)cc1)C(C(=O)N(C)CCCCO[N+](=O)[O-])C(C)C. The van der Waals surface area contributed by atoms with E-state index in [9.17, 15) is 24.5 Å². The van der Waals surface area contributed by atoms with Gasteiger partial charge in [-0.25, -0.2) is 4.79 Å². The van der Waals surface area contributed by atoms with Gasteiger partial charge in [-0.05, 0) is 58.7 Å². The number of nitrogens with zero attached hydrogens (tertiary/aromatic N) is 7. The summed E-state index contributed by atoms with van der Waals surface area (Å²) in [6.07, 6.45) is 3.08. The molecular formula is C34H48N8O7. The van der Waals surface area contributed by atoms with Crippen LogP contribution in [0.2, 0.25) is 0 Å². The number of likely N-dealkylation sites (N-methyl/N-ethyl adjacent to an activating group) is 1. The van der Waals surface area contributed by atoms with Gasteiger partial charge < -0.3 is 24.7 Å². The molecule has 2 aromatic carbocycles. The lowest BCUT2D eigenvalue weighted by molar-refractivity contribution is -0.757. The van der Waals surface area contributed by atoms with Crippen molar-refractivity contribution in [2.75, 3.05) is 26.7 Å². The molecule has 0 aliphatic heterocycles. The van der Waals surface area contributed by atoms with Crippen LogP contribution in [0.1, 0.15) is 71.8 Å². The third-order valence-corrected chi connectivity index (χ3v) is 7.90. The van der Waals surface area contributed by atoms with Crippen molar-refractivity contribution >= 4 is 17.9 Å². The molecule has 1 atom stereocenters. The average Bonchev–Trinajstić information content (AvgIpc) is 3.56. The molecule has 0 saturated heterocycles. The van der Waals surface area contributed by atoms with E-state index in [2.05, 4.69) is 25.7 Å². The molecule has 0 fully saturated rings. The molecule has 0 saturated carbocycles. The highest BCUT2D eigenvalue weighted by atomic mass is 16.9. The van der Waals surface area contributed by atoms with Crippen LogP contribution >= 0.6 is 0 Å². The molecule has 1 heterocycles. The number of carbonyl (C=O) groups is 3. The number of amides is 3. The number of tetrazole rings is 1. The second-order valence-electron chi connectivity index (χ2n) is 12.1. The lowest BCUT2D eigenvalue weighted by Gasteiger charge is -2.36. The zero-order valence-corrected chi connectivity index (χ0v) is 29.0. The lowest BCUT2D eigenvalue weighted by atomic mass is 9.96. The van der Waals surface area contributed by atoms with Crippen LogP contribution in [0.3, 0.4) is 0 Å². The third-order valence-electron chi connectivity index (χ3n) is 7.90. The van der Waals surface area contributed by atoms with Crippen molar-refractivity contribution in [2.45, 2.75) is 85.5 Å². The number of carbonyl (C=O) groups excluding carboxylic acids is 3. The van der Waals surface area contributed by atoms with Crippen molar-refractivity contribution in [1.29, 1.82) is 0 Å². The maximum Gasteiger partial charge on any atom is 0.408 e. The Morgan fingerprint density at radius 2 is 1.71 bits per heavy atom. The topological polar surface area (TPSA) is 175 Å². The van der Waals surface area contributed by atoms with Gasteiger partial charge >= 0.3 is 6.09 Å². The van der Waals surface area contributed by atoms with Gasteiger partial charge in [-0.15, -0.1) is 15.2 Å². The smallest absolute Gasteiger partial charge is 0.408 e. The predicted molar refractivity (Wildman–Crippen MR) is 182 cm³/mol. The number of aromatic nitrogens is 4. The highest BCUT2D eigenvalue weighted by Crippen LogP contribution is 2.31. The number of hydrogen-bond donors (Lipinski definition) is 1. The van der Waals surface area contributed by atoms with Crippen LogP contribution in [0, 0.1) is 16.0 Å². The summed E-state index contributed by atoms with van der Waals surface area (Å²) >= 11 is 0. The maximum atomic E-state index is 13.8. The van der Waals surface area contributed by atoms with Crippen molar-refractivity contribution in [3.05, 3.63) is 64.2 Å². The molecule has 0 spiro atoms. The number of ether oxygens (including phenoxy) is 1. The van der Waals surface area contributed by atoms with Gasteiger partial charge in [0.25, 0.3) is 5.09 Å². The van der Waals surface area contributed by atoms with Gasteiger partial charge in [0, 0.05) is 38.7 Å². The van der Waals surface area contributed by atoms with E-state index in [0.29, 0.717) is 44.6 Å². The van der Waals surface area contributed by atoms with Crippen LogP contribution < -0.4 is 5.32 Å². The molecule has 1 aromatic heterocycles. The van der Waals surface area contributed by atoms with E-state index < -0.39 is 17.2 Å². The van der Waals surface area contributed by atoms with Gasteiger partial charge in [0.15, 0.2) is 12.6 Å². The number of hydrogen-bond acceptors (Lipinski definition) is 10. The molecular weight excluding hydrogens is 632 g/mol. The number of nitrogens with one attached hydrogen (secondary N) is 1. The van der Waals surface area contributed by atoms with Crippen molar-refractivity contribution in [1.82, 2.24) is 35.3 Å². The summed E-state index contributed by atoms with van der Waals surface area (Å²) in [5.41, 5.74) is 3.35. The standard InChI is InChI=1S/C34H48N8O7/c1-6-8-15-30(43)40(31(25(3)4)33(44)39(5)21-11-12-22-49-42(46)47)23-26-16-18-27(19-17-26)28-13-9-10-14-29(28)32-36-37-38-41(32)24-48-34(45)35-20-7-2/h9-10,13-14,16-19,25,31H,6-8,11-12,15,20-24H2,1-5H3,(H,35,45). The fourth-order valence-corrected chi connectivity index (χ4v) is 5.32. The molecule has 15 heteroatoms. The zero-order chi connectivity index (χ0) is 35.8. The molecule has 0 radical (unpaired) electrons.